The SMILES string of the molecule is CCOC(=O)C(C)(C)CNC(=O)c1ccc2cc(OC3CCC(C(C)(C)C)CC3)ccc2c1. The van der Waals surface area contributed by atoms with Crippen molar-refractivity contribution in [3.63, 3.8) is 0 Å². The van der Waals surface area contributed by atoms with Crippen molar-refractivity contribution in [3.05, 3.63) is 42.0 Å². The van der Waals surface area contributed by atoms with Crippen LogP contribution in [0, 0.1) is 16.7 Å². The molecule has 180 valence electrons. The summed E-state index contributed by atoms with van der Waals surface area (Å²) in [6.45, 7) is 12.8. The third-order valence-corrected chi connectivity index (χ3v) is 6.79. The summed E-state index contributed by atoms with van der Waals surface area (Å²) < 4.78 is 11.4. The summed E-state index contributed by atoms with van der Waals surface area (Å²) in [6, 6.07) is 11.7. The minimum absolute atomic E-state index is 0.204. The highest BCUT2D eigenvalue weighted by Gasteiger charge is 2.31. The topological polar surface area (TPSA) is 64.6 Å². The Morgan fingerprint density at radius 3 is 2.21 bits per heavy atom. The van der Waals surface area contributed by atoms with Gasteiger partial charge in [-0.2, -0.15) is 0 Å². The van der Waals surface area contributed by atoms with Gasteiger partial charge in [-0.1, -0.05) is 32.9 Å². The molecule has 5 heteroatoms. The third kappa shape index (κ3) is 6.49. The fourth-order valence-corrected chi connectivity index (χ4v) is 4.48. The molecule has 3 rings (SSSR count). The van der Waals surface area contributed by atoms with Crippen LogP contribution in [0.25, 0.3) is 10.8 Å². The monoisotopic (exact) mass is 453 g/mol. The molecule has 0 aromatic heterocycles. The quantitative estimate of drug-likeness (QED) is 0.511. The Labute approximate surface area is 198 Å². The van der Waals surface area contributed by atoms with Crippen molar-refractivity contribution in [2.75, 3.05) is 13.2 Å². The molecule has 0 aliphatic heterocycles. The lowest BCUT2D eigenvalue weighted by Gasteiger charge is -2.37. The number of fused-ring (bicyclic) bond motifs is 1. The standard InChI is InChI=1S/C28H39NO4/c1-7-32-26(31)28(5,6)18-29-25(30)21-9-8-20-17-24(13-10-19(20)16-21)33-23-14-11-22(12-15-23)27(2,3)4/h8-10,13,16-17,22-23H,7,11-12,14-15,18H2,1-6H3,(H,29,30). The molecule has 0 bridgehead atoms. The summed E-state index contributed by atoms with van der Waals surface area (Å²) in [5, 5.41) is 4.88. The number of carbonyl (C=O) groups excluding carboxylic acids is 2. The van der Waals surface area contributed by atoms with E-state index in [1.54, 1.807) is 20.8 Å². The van der Waals surface area contributed by atoms with Gasteiger partial charge in [-0.05, 0) is 92.8 Å². The van der Waals surface area contributed by atoms with Crippen molar-refractivity contribution in [3.8, 4) is 5.75 Å². The fourth-order valence-electron chi connectivity index (χ4n) is 4.48. The van der Waals surface area contributed by atoms with E-state index < -0.39 is 5.41 Å². The van der Waals surface area contributed by atoms with Gasteiger partial charge >= 0.3 is 5.97 Å². The summed E-state index contributed by atoms with van der Waals surface area (Å²) in [5.41, 5.74) is 0.157. The summed E-state index contributed by atoms with van der Waals surface area (Å²) in [5.74, 6) is 1.13. The second-order valence-corrected chi connectivity index (χ2v) is 11.0. The van der Waals surface area contributed by atoms with Crippen LogP contribution < -0.4 is 10.1 Å². The Morgan fingerprint density at radius 1 is 0.939 bits per heavy atom. The minimum Gasteiger partial charge on any atom is -0.490 e. The Morgan fingerprint density at radius 2 is 1.58 bits per heavy atom. The number of hydrogen-bond donors (Lipinski definition) is 1. The Balaban J connectivity index is 1.60. The zero-order chi connectivity index (χ0) is 24.2. The number of ether oxygens (including phenoxy) is 2. The maximum atomic E-state index is 12.7. The summed E-state index contributed by atoms with van der Waals surface area (Å²) in [6.07, 6.45) is 4.90. The number of carbonyl (C=O) groups is 2. The Hall–Kier alpha value is -2.56. The fraction of sp³-hybridized carbons (Fsp3) is 0.571. The molecule has 2 aromatic rings. The lowest BCUT2D eigenvalue weighted by molar-refractivity contribution is -0.153. The van der Waals surface area contributed by atoms with Crippen LogP contribution in [0.3, 0.4) is 0 Å². The molecular weight excluding hydrogens is 414 g/mol. The van der Waals surface area contributed by atoms with Gasteiger partial charge in [-0.15, -0.1) is 0 Å². The first-order valence-electron chi connectivity index (χ1n) is 12.2. The van der Waals surface area contributed by atoms with E-state index in [9.17, 15) is 9.59 Å². The van der Waals surface area contributed by atoms with Gasteiger partial charge < -0.3 is 14.8 Å². The molecule has 1 aliphatic rings. The molecule has 1 saturated carbocycles. The van der Waals surface area contributed by atoms with Crippen molar-refractivity contribution >= 4 is 22.6 Å². The first-order valence-corrected chi connectivity index (χ1v) is 12.2. The number of esters is 1. The number of benzene rings is 2. The molecule has 0 saturated heterocycles. The molecule has 1 fully saturated rings. The van der Waals surface area contributed by atoms with Gasteiger partial charge in [0.25, 0.3) is 5.91 Å². The van der Waals surface area contributed by atoms with E-state index in [0.717, 1.165) is 35.3 Å². The van der Waals surface area contributed by atoms with Crippen LogP contribution in [0.1, 0.15) is 77.6 Å². The molecule has 0 unspecified atom stereocenters. The third-order valence-electron chi connectivity index (χ3n) is 6.79. The number of nitrogens with one attached hydrogen (secondary N) is 1. The predicted octanol–water partition coefficient (Wildman–Crippen LogP) is 6.14. The van der Waals surface area contributed by atoms with E-state index in [-0.39, 0.29) is 24.5 Å². The molecule has 0 atom stereocenters. The Kier molecular flexibility index (Phi) is 7.71. The molecule has 1 aliphatic carbocycles. The molecular formula is C28H39NO4. The van der Waals surface area contributed by atoms with Gasteiger partial charge in [0.2, 0.25) is 0 Å². The van der Waals surface area contributed by atoms with Gasteiger partial charge in [-0.25, -0.2) is 0 Å². The zero-order valence-corrected chi connectivity index (χ0v) is 21.0. The number of rotatable bonds is 7. The average Bonchev–Trinajstić information content (AvgIpc) is 2.77. The van der Waals surface area contributed by atoms with Crippen molar-refractivity contribution in [2.45, 2.75) is 73.3 Å². The second kappa shape index (κ2) is 10.1. The largest absolute Gasteiger partial charge is 0.490 e. The van der Waals surface area contributed by atoms with Crippen molar-refractivity contribution in [2.24, 2.45) is 16.7 Å². The summed E-state index contributed by atoms with van der Waals surface area (Å²) in [4.78, 5) is 24.7. The molecule has 1 N–H and O–H groups in total. The van der Waals surface area contributed by atoms with E-state index in [4.69, 9.17) is 9.47 Å². The summed E-state index contributed by atoms with van der Waals surface area (Å²) >= 11 is 0. The van der Waals surface area contributed by atoms with Crippen LogP contribution in [0.4, 0.5) is 0 Å². The minimum atomic E-state index is -0.777. The first-order chi connectivity index (χ1) is 15.5. The van der Waals surface area contributed by atoms with Gasteiger partial charge in [-0.3, -0.25) is 9.59 Å². The highest BCUT2D eigenvalue weighted by Crippen LogP contribution is 2.39. The van der Waals surface area contributed by atoms with Crippen LogP contribution in [0.2, 0.25) is 0 Å². The number of hydrogen-bond acceptors (Lipinski definition) is 4. The predicted molar refractivity (Wildman–Crippen MR) is 133 cm³/mol. The molecule has 33 heavy (non-hydrogen) atoms. The molecule has 0 radical (unpaired) electrons. The average molecular weight is 454 g/mol. The number of amides is 1. The van der Waals surface area contributed by atoms with Crippen molar-refractivity contribution in [1.29, 1.82) is 0 Å². The van der Waals surface area contributed by atoms with Gasteiger partial charge in [0, 0.05) is 12.1 Å². The lowest BCUT2D eigenvalue weighted by Crippen LogP contribution is -2.40. The maximum absolute atomic E-state index is 12.7. The van der Waals surface area contributed by atoms with Crippen molar-refractivity contribution in [1.82, 2.24) is 5.32 Å². The molecule has 0 heterocycles. The normalized spacial score (nSPS) is 19.2. The highest BCUT2D eigenvalue weighted by atomic mass is 16.5. The van der Waals surface area contributed by atoms with Gasteiger partial charge in [0.05, 0.1) is 18.1 Å². The van der Waals surface area contributed by atoms with E-state index in [1.807, 2.05) is 30.3 Å². The van der Waals surface area contributed by atoms with Gasteiger partial charge in [0.1, 0.15) is 5.75 Å². The van der Waals surface area contributed by atoms with Crippen LogP contribution in [0.15, 0.2) is 36.4 Å². The highest BCUT2D eigenvalue weighted by molar-refractivity contribution is 5.99. The van der Waals surface area contributed by atoms with Crippen LogP contribution in [-0.2, 0) is 9.53 Å². The van der Waals surface area contributed by atoms with E-state index >= 15 is 0 Å². The second-order valence-electron chi connectivity index (χ2n) is 11.0. The van der Waals surface area contributed by atoms with Gasteiger partial charge in [0.15, 0.2) is 0 Å². The molecule has 1 amide bonds. The molecule has 0 spiro atoms. The zero-order valence-electron chi connectivity index (χ0n) is 21.0. The smallest absolute Gasteiger partial charge is 0.313 e. The summed E-state index contributed by atoms with van der Waals surface area (Å²) in [7, 11) is 0. The maximum Gasteiger partial charge on any atom is 0.313 e. The molecule has 2 aromatic carbocycles. The van der Waals surface area contributed by atoms with Crippen LogP contribution in [0.5, 0.6) is 5.75 Å². The van der Waals surface area contributed by atoms with E-state index in [2.05, 4.69) is 32.2 Å². The first kappa shape index (κ1) is 25.1. The molecule has 5 nitrogen and oxygen atoms in total. The van der Waals surface area contributed by atoms with Crippen LogP contribution >= 0.6 is 0 Å². The van der Waals surface area contributed by atoms with E-state index in [0.29, 0.717) is 17.6 Å². The van der Waals surface area contributed by atoms with Crippen LogP contribution in [-0.4, -0.2) is 31.1 Å². The van der Waals surface area contributed by atoms with Crippen molar-refractivity contribution < 1.29 is 19.1 Å². The Bertz CT molecular complexity index is 981. The lowest BCUT2D eigenvalue weighted by atomic mass is 9.72. The van der Waals surface area contributed by atoms with E-state index in [1.165, 1.54) is 12.8 Å².